The maximum Gasteiger partial charge on any atom is 0.422 e. The van der Waals surface area contributed by atoms with E-state index >= 15 is 0 Å². The number of nitrogens with zero attached hydrogens (tertiary/aromatic N) is 2. The molecule has 2 aromatic carbocycles. The molecule has 0 spiro atoms. The molecule has 214 valence electrons. The zero-order chi connectivity index (χ0) is 29.8. The summed E-state index contributed by atoms with van der Waals surface area (Å²) in [5.41, 5.74) is -0.438. The van der Waals surface area contributed by atoms with Crippen molar-refractivity contribution in [2.75, 3.05) is 31.7 Å². The molecule has 3 rings (SSSR count). The van der Waals surface area contributed by atoms with Gasteiger partial charge in [0.2, 0.25) is 0 Å². The highest BCUT2D eigenvalue weighted by Crippen LogP contribution is 2.36. The lowest BCUT2D eigenvalue weighted by atomic mass is 9.95. The number of amides is 2. The van der Waals surface area contributed by atoms with E-state index in [0.29, 0.717) is 0 Å². The van der Waals surface area contributed by atoms with Gasteiger partial charge in [-0.25, -0.2) is 9.37 Å². The molecule has 2 amide bonds. The number of rotatable bonds is 9. The van der Waals surface area contributed by atoms with Crippen molar-refractivity contribution in [3.05, 3.63) is 75.7 Å². The highest BCUT2D eigenvalue weighted by Gasteiger charge is 2.31. The second-order valence-electron chi connectivity index (χ2n) is 9.61. The van der Waals surface area contributed by atoms with Gasteiger partial charge in [-0.05, 0) is 36.4 Å². The maximum absolute atomic E-state index is 14.4. The Labute approximate surface area is 237 Å². The Hall–Kier alpha value is -3.41. The quantitative estimate of drug-likeness (QED) is 0.287. The van der Waals surface area contributed by atoms with E-state index in [9.17, 15) is 32.3 Å². The lowest BCUT2D eigenvalue weighted by molar-refractivity contribution is -0.153. The van der Waals surface area contributed by atoms with E-state index in [-0.39, 0.29) is 45.7 Å². The number of benzene rings is 2. The number of ether oxygens (including phenoxy) is 1. The number of halogens is 6. The topological polar surface area (TPSA) is 91.8 Å². The standard InChI is InChI=1S/C27H25Cl2F4N3O4/c1-26(2,13-37)12-35-24(38)15-7-8-18(28)17(9-15)16-10-21(40-14-27(31,32)33)23(34-11-16)36(3)25(39)22-19(29)5-4-6-20(22)30/h4-11,37H,12-14H2,1-3H3,(H,35,38). The Kier molecular flexibility index (Phi) is 9.65. The van der Waals surface area contributed by atoms with E-state index in [1.807, 2.05) is 0 Å². The highest BCUT2D eigenvalue weighted by atomic mass is 35.5. The van der Waals surface area contributed by atoms with Crippen LogP contribution in [0.25, 0.3) is 11.1 Å². The number of pyridine rings is 1. The molecule has 0 aliphatic rings. The predicted molar refractivity (Wildman–Crippen MR) is 144 cm³/mol. The molecule has 0 radical (unpaired) electrons. The van der Waals surface area contributed by atoms with Crippen molar-refractivity contribution in [2.24, 2.45) is 5.41 Å². The van der Waals surface area contributed by atoms with Crippen LogP contribution in [0.2, 0.25) is 10.0 Å². The van der Waals surface area contributed by atoms with Gasteiger partial charge in [-0.1, -0.05) is 43.1 Å². The number of aliphatic hydroxyl groups is 1. The van der Waals surface area contributed by atoms with Crippen molar-refractivity contribution < 1.29 is 37.0 Å². The summed E-state index contributed by atoms with van der Waals surface area (Å²) >= 11 is 12.3. The molecule has 0 aliphatic carbocycles. The van der Waals surface area contributed by atoms with Gasteiger partial charge in [0.25, 0.3) is 11.8 Å². The fraction of sp³-hybridized carbons (Fsp3) is 0.296. The summed E-state index contributed by atoms with van der Waals surface area (Å²) in [6.45, 7) is 1.84. The van der Waals surface area contributed by atoms with Crippen LogP contribution in [0.3, 0.4) is 0 Å². The summed E-state index contributed by atoms with van der Waals surface area (Å²) in [5.74, 6) is -3.15. The van der Waals surface area contributed by atoms with Gasteiger partial charge in [0.15, 0.2) is 18.2 Å². The number of nitrogens with one attached hydrogen (secondary N) is 1. The average Bonchev–Trinajstić information content (AvgIpc) is 2.89. The van der Waals surface area contributed by atoms with Crippen molar-refractivity contribution in [1.82, 2.24) is 10.3 Å². The van der Waals surface area contributed by atoms with Crippen molar-refractivity contribution >= 4 is 40.8 Å². The van der Waals surface area contributed by atoms with Gasteiger partial charge in [-0.2, -0.15) is 13.2 Å². The molecule has 0 atom stereocenters. The minimum Gasteiger partial charge on any atom is -0.480 e. The van der Waals surface area contributed by atoms with E-state index in [1.165, 1.54) is 49.6 Å². The third-order valence-electron chi connectivity index (χ3n) is 5.72. The van der Waals surface area contributed by atoms with Crippen LogP contribution in [-0.2, 0) is 0 Å². The summed E-state index contributed by atoms with van der Waals surface area (Å²) < 4.78 is 58.5. The Bertz CT molecular complexity index is 1400. The number of anilines is 1. The molecular formula is C27H25Cl2F4N3O4. The first-order chi connectivity index (χ1) is 18.6. The number of carbonyl (C=O) groups is 2. The third kappa shape index (κ3) is 7.61. The Morgan fingerprint density at radius 3 is 2.42 bits per heavy atom. The molecule has 40 heavy (non-hydrogen) atoms. The van der Waals surface area contributed by atoms with Crippen LogP contribution < -0.4 is 15.0 Å². The molecule has 7 nitrogen and oxygen atoms in total. The number of aromatic nitrogens is 1. The molecule has 0 aliphatic heterocycles. The first-order valence-corrected chi connectivity index (χ1v) is 12.5. The first-order valence-electron chi connectivity index (χ1n) is 11.7. The number of alkyl halides is 3. The predicted octanol–water partition coefficient (Wildman–Crippen LogP) is 6.16. The van der Waals surface area contributed by atoms with Crippen LogP contribution in [0.4, 0.5) is 23.4 Å². The van der Waals surface area contributed by atoms with E-state index in [0.717, 1.165) is 11.0 Å². The van der Waals surface area contributed by atoms with Crippen LogP contribution in [0.5, 0.6) is 5.75 Å². The van der Waals surface area contributed by atoms with E-state index in [2.05, 4.69) is 10.3 Å². The molecule has 13 heteroatoms. The second kappa shape index (κ2) is 12.4. The minimum absolute atomic E-state index is 0.155. The number of hydrogen-bond donors (Lipinski definition) is 2. The molecule has 0 saturated heterocycles. The van der Waals surface area contributed by atoms with Crippen LogP contribution in [0.15, 0.2) is 48.7 Å². The third-order valence-corrected chi connectivity index (χ3v) is 6.36. The van der Waals surface area contributed by atoms with Gasteiger partial charge < -0.3 is 15.2 Å². The van der Waals surface area contributed by atoms with Crippen LogP contribution in [0, 0.1) is 11.2 Å². The molecule has 0 bridgehead atoms. The van der Waals surface area contributed by atoms with Crippen LogP contribution in [-0.4, -0.2) is 54.9 Å². The lowest BCUT2D eigenvalue weighted by Crippen LogP contribution is -2.36. The summed E-state index contributed by atoms with van der Waals surface area (Å²) in [4.78, 5) is 30.7. The molecule has 1 heterocycles. The van der Waals surface area contributed by atoms with Crippen molar-refractivity contribution in [3.63, 3.8) is 0 Å². The average molecular weight is 602 g/mol. The van der Waals surface area contributed by atoms with Gasteiger partial charge in [-0.3, -0.25) is 14.5 Å². The highest BCUT2D eigenvalue weighted by molar-refractivity contribution is 6.34. The molecule has 2 N–H and O–H groups in total. The minimum atomic E-state index is -4.72. The normalized spacial score (nSPS) is 11.8. The van der Waals surface area contributed by atoms with Crippen molar-refractivity contribution in [3.8, 4) is 16.9 Å². The Morgan fingerprint density at radius 1 is 1.10 bits per heavy atom. The van der Waals surface area contributed by atoms with E-state index < -0.39 is 47.1 Å². The van der Waals surface area contributed by atoms with Crippen molar-refractivity contribution in [1.29, 1.82) is 0 Å². The van der Waals surface area contributed by atoms with E-state index in [4.69, 9.17) is 27.9 Å². The molecule has 0 fully saturated rings. The second-order valence-corrected chi connectivity index (χ2v) is 10.4. The fourth-order valence-corrected chi connectivity index (χ4v) is 3.90. The number of carbonyl (C=O) groups excluding carboxylic acids is 2. The molecule has 0 unspecified atom stereocenters. The largest absolute Gasteiger partial charge is 0.480 e. The molecular weight excluding hydrogens is 577 g/mol. The lowest BCUT2D eigenvalue weighted by Gasteiger charge is -2.22. The fourth-order valence-electron chi connectivity index (χ4n) is 3.43. The SMILES string of the molecule is CN(C(=O)c1c(F)cccc1Cl)c1ncc(-c2cc(C(=O)NCC(C)(C)CO)ccc2Cl)cc1OCC(F)(F)F. The number of hydrogen-bond acceptors (Lipinski definition) is 5. The van der Waals surface area contributed by atoms with Crippen LogP contribution >= 0.6 is 23.2 Å². The first kappa shape index (κ1) is 31.1. The molecule has 1 aromatic heterocycles. The van der Waals surface area contributed by atoms with Gasteiger partial charge in [-0.15, -0.1) is 0 Å². The summed E-state index contributed by atoms with van der Waals surface area (Å²) in [6.07, 6.45) is -3.50. The Balaban J connectivity index is 2.02. The van der Waals surface area contributed by atoms with Crippen LogP contribution in [0.1, 0.15) is 34.6 Å². The Morgan fingerprint density at radius 2 is 1.80 bits per heavy atom. The zero-order valence-corrected chi connectivity index (χ0v) is 23.1. The van der Waals surface area contributed by atoms with Gasteiger partial charge in [0.1, 0.15) is 5.82 Å². The maximum atomic E-state index is 14.4. The van der Waals surface area contributed by atoms with Gasteiger partial charge in [0.05, 0.1) is 10.6 Å². The summed E-state index contributed by atoms with van der Waals surface area (Å²) in [5, 5.41) is 12.1. The zero-order valence-electron chi connectivity index (χ0n) is 21.6. The van der Waals surface area contributed by atoms with E-state index in [1.54, 1.807) is 13.8 Å². The molecule has 3 aromatic rings. The monoisotopic (exact) mass is 601 g/mol. The summed E-state index contributed by atoms with van der Waals surface area (Å²) in [6, 6.07) is 9.09. The number of aliphatic hydroxyl groups excluding tert-OH is 1. The van der Waals surface area contributed by atoms with Gasteiger partial charge >= 0.3 is 6.18 Å². The molecule has 0 saturated carbocycles. The van der Waals surface area contributed by atoms with Crippen molar-refractivity contribution in [2.45, 2.75) is 20.0 Å². The summed E-state index contributed by atoms with van der Waals surface area (Å²) in [7, 11) is 1.18. The smallest absolute Gasteiger partial charge is 0.422 e. The van der Waals surface area contributed by atoms with Gasteiger partial charge in [0, 0.05) is 53.5 Å².